The van der Waals surface area contributed by atoms with Crippen LogP contribution in [0.1, 0.15) is 46.5 Å². The number of hydrogen-bond donors (Lipinski definition) is 2. The number of carbonyl (C=O) groups excluding carboxylic acids is 1. The van der Waals surface area contributed by atoms with Gasteiger partial charge in [0.05, 0.1) is 0 Å². The van der Waals surface area contributed by atoms with E-state index < -0.39 is 0 Å². The van der Waals surface area contributed by atoms with Crippen LogP contribution in [-0.4, -0.2) is 11.9 Å². The third-order valence-electron chi connectivity index (χ3n) is 3.69. The predicted molar refractivity (Wildman–Crippen MR) is 85.0 cm³/mol. The van der Waals surface area contributed by atoms with E-state index in [0.29, 0.717) is 6.04 Å². The fourth-order valence-electron chi connectivity index (χ4n) is 2.18. The number of hydrogen-bond acceptors (Lipinski definition) is 2. The summed E-state index contributed by atoms with van der Waals surface area (Å²) in [5.74, 6) is 1.17. The molecule has 1 amide bonds. The minimum atomic E-state index is 0.163. The van der Waals surface area contributed by atoms with Crippen LogP contribution in [0.4, 0.5) is 11.4 Å². The molecule has 0 aliphatic heterocycles. The Balaban J connectivity index is 1.79. The summed E-state index contributed by atoms with van der Waals surface area (Å²) in [5, 5.41) is 6.46. The molecule has 0 radical (unpaired) electrons. The molecule has 2 rings (SSSR count). The van der Waals surface area contributed by atoms with Gasteiger partial charge < -0.3 is 10.6 Å². The second-order valence-electron chi connectivity index (χ2n) is 6.36. The minimum absolute atomic E-state index is 0.163. The summed E-state index contributed by atoms with van der Waals surface area (Å²) < 4.78 is 0. The highest BCUT2D eigenvalue weighted by molar-refractivity contribution is 5.94. The van der Waals surface area contributed by atoms with Crippen LogP contribution in [0.15, 0.2) is 24.3 Å². The lowest BCUT2D eigenvalue weighted by molar-refractivity contribution is -0.117. The van der Waals surface area contributed by atoms with Gasteiger partial charge in [-0.2, -0.15) is 0 Å². The summed E-state index contributed by atoms with van der Waals surface area (Å²) in [6, 6.07) is 8.49. The van der Waals surface area contributed by atoms with Crippen LogP contribution in [-0.2, 0) is 4.79 Å². The van der Waals surface area contributed by atoms with Crippen molar-refractivity contribution in [2.75, 3.05) is 10.6 Å². The Kier molecular flexibility index (Phi) is 5.05. The maximum Gasteiger partial charge on any atom is 0.227 e. The summed E-state index contributed by atoms with van der Waals surface area (Å²) in [7, 11) is 0. The van der Waals surface area contributed by atoms with Crippen molar-refractivity contribution in [1.82, 2.24) is 0 Å². The van der Waals surface area contributed by atoms with Gasteiger partial charge in [0.1, 0.15) is 0 Å². The normalized spacial score (nSPS) is 16.0. The van der Waals surface area contributed by atoms with Crippen molar-refractivity contribution in [2.45, 2.75) is 52.5 Å². The zero-order valence-electron chi connectivity index (χ0n) is 12.8. The van der Waals surface area contributed by atoms with Crippen LogP contribution in [0.3, 0.4) is 0 Å². The lowest BCUT2D eigenvalue weighted by atomic mass is 10.0. The van der Waals surface area contributed by atoms with Gasteiger partial charge in [-0.3, -0.25) is 4.79 Å². The van der Waals surface area contributed by atoms with E-state index in [1.165, 1.54) is 12.8 Å². The van der Waals surface area contributed by atoms with E-state index in [0.717, 1.165) is 30.1 Å². The first-order valence-electron chi connectivity index (χ1n) is 7.72. The molecule has 1 aliphatic carbocycles. The maximum atomic E-state index is 11.7. The third-order valence-corrected chi connectivity index (χ3v) is 3.69. The molecular formula is C17H26N2O. The van der Waals surface area contributed by atoms with E-state index >= 15 is 0 Å². The first kappa shape index (κ1) is 14.9. The Morgan fingerprint density at radius 3 is 2.25 bits per heavy atom. The van der Waals surface area contributed by atoms with Gasteiger partial charge in [0.25, 0.3) is 0 Å². The molecule has 1 aromatic rings. The van der Waals surface area contributed by atoms with Crippen molar-refractivity contribution >= 4 is 17.3 Å². The first-order valence-corrected chi connectivity index (χ1v) is 7.72. The van der Waals surface area contributed by atoms with Crippen LogP contribution in [0.25, 0.3) is 0 Å². The van der Waals surface area contributed by atoms with Gasteiger partial charge in [-0.1, -0.05) is 13.8 Å². The molecule has 2 N–H and O–H groups in total. The van der Waals surface area contributed by atoms with Crippen molar-refractivity contribution in [2.24, 2.45) is 11.8 Å². The van der Waals surface area contributed by atoms with Gasteiger partial charge in [-0.15, -0.1) is 0 Å². The SMILES string of the molecule is CC(C)CCC(C)Nc1ccc(NC(=O)C2CC2)cc1. The molecule has 0 saturated heterocycles. The fraction of sp³-hybridized carbons (Fsp3) is 0.588. The van der Waals surface area contributed by atoms with Crippen molar-refractivity contribution < 1.29 is 4.79 Å². The Morgan fingerprint density at radius 1 is 1.10 bits per heavy atom. The van der Waals surface area contributed by atoms with Gasteiger partial charge >= 0.3 is 0 Å². The van der Waals surface area contributed by atoms with Crippen LogP contribution in [0.2, 0.25) is 0 Å². The molecule has 0 heterocycles. The van der Waals surface area contributed by atoms with E-state index in [1.54, 1.807) is 0 Å². The Labute approximate surface area is 122 Å². The molecule has 20 heavy (non-hydrogen) atoms. The molecule has 1 unspecified atom stereocenters. The zero-order valence-corrected chi connectivity index (χ0v) is 12.8. The molecular weight excluding hydrogens is 248 g/mol. The van der Waals surface area contributed by atoms with Crippen LogP contribution in [0, 0.1) is 11.8 Å². The largest absolute Gasteiger partial charge is 0.383 e. The second-order valence-corrected chi connectivity index (χ2v) is 6.36. The van der Waals surface area contributed by atoms with E-state index in [2.05, 4.69) is 31.4 Å². The molecule has 1 saturated carbocycles. The Bertz CT molecular complexity index is 435. The van der Waals surface area contributed by atoms with Crippen molar-refractivity contribution in [3.8, 4) is 0 Å². The molecule has 0 bridgehead atoms. The van der Waals surface area contributed by atoms with Crippen LogP contribution in [0.5, 0.6) is 0 Å². The molecule has 3 nitrogen and oxygen atoms in total. The van der Waals surface area contributed by atoms with Gasteiger partial charge in [-0.25, -0.2) is 0 Å². The van der Waals surface area contributed by atoms with E-state index in [-0.39, 0.29) is 11.8 Å². The molecule has 1 fully saturated rings. The average Bonchev–Trinajstić information content (AvgIpc) is 3.23. The number of nitrogens with one attached hydrogen (secondary N) is 2. The zero-order chi connectivity index (χ0) is 14.5. The highest BCUT2D eigenvalue weighted by atomic mass is 16.2. The topological polar surface area (TPSA) is 41.1 Å². The summed E-state index contributed by atoms with van der Waals surface area (Å²) >= 11 is 0. The van der Waals surface area contributed by atoms with Crippen LogP contribution >= 0.6 is 0 Å². The van der Waals surface area contributed by atoms with Gasteiger partial charge in [-0.05, 0) is 62.8 Å². The first-order chi connectivity index (χ1) is 9.54. The highest BCUT2D eigenvalue weighted by Gasteiger charge is 2.29. The quantitative estimate of drug-likeness (QED) is 0.779. The average molecular weight is 274 g/mol. The summed E-state index contributed by atoms with van der Waals surface area (Å²) in [4.78, 5) is 11.7. The number of carbonyl (C=O) groups is 1. The van der Waals surface area contributed by atoms with Crippen molar-refractivity contribution in [1.29, 1.82) is 0 Å². The van der Waals surface area contributed by atoms with Crippen molar-refractivity contribution in [3.05, 3.63) is 24.3 Å². The molecule has 0 spiro atoms. The lowest BCUT2D eigenvalue weighted by Crippen LogP contribution is -2.16. The standard InChI is InChI=1S/C17H26N2O/c1-12(2)4-5-13(3)18-15-8-10-16(11-9-15)19-17(20)14-6-7-14/h8-14,18H,4-7H2,1-3H3,(H,19,20). The van der Waals surface area contributed by atoms with Gasteiger partial charge in [0, 0.05) is 23.3 Å². The smallest absolute Gasteiger partial charge is 0.227 e. The van der Waals surface area contributed by atoms with E-state index in [1.807, 2.05) is 24.3 Å². The monoisotopic (exact) mass is 274 g/mol. The van der Waals surface area contributed by atoms with Gasteiger partial charge in [0.15, 0.2) is 0 Å². The molecule has 1 aromatic carbocycles. The molecule has 1 aliphatic rings. The van der Waals surface area contributed by atoms with E-state index in [9.17, 15) is 4.79 Å². The Hall–Kier alpha value is -1.51. The molecule has 0 aromatic heterocycles. The Morgan fingerprint density at radius 2 is 1.70 bits per heavy atom. The number of benzene rings is 1. The maximum absolute atomic E-state index is 11.7. The second kappa shape index (κ2) is 6.78. The summed E-state index contributed by atoms with van der Waals surface area (Å²) in [5.41, 5.74) is 2.01. The van der Waals surface area contributed by atoms with Crippen molar-refractivity contribution in [3.63, 3.8) is 0 Å². The molecule has 1 atom stereocenters. The predicted octanol–water partition coefficient (Wildman–Crippen LogP) is 4.27. The van der Waals surface area contributed by atoms with Gasteiger partial charge in [0.2, 0.25) is 5.91 Å². The summed E-state index contributed by atoms with van der Waals surface area (Å²) in [6.45, 7) is 6.72. The number of amides is 1. The molecule has 110 valence electrons. The summed E-state index contributed by atoms with van der Waals surface area (Å²) in [6.07, 6.45) is 4.50. The van der Waals surface area contributed by atoms with Crippen LogP contribution < -0.4 is 10.6 Å². The lowest BCUT2D eigenvalue weighted by Gasteiger charge is -2.16. The minimum Gasteiger partial charge on any atom is -0.383 e. The van der Waals surface area contributed by atoms with E-state index in [4.69, 9.17) is 0 Å². The highest BCUT2D eigenvalue weighted by Crippen LogP contribution is 2.30. The third kappa shape index (κ3) is 4.87. The fourth-order valence-corrected chi connectivity index (χ4v) is 2.18. The number of anilines is 2. The molecule has 3 heteroatoms. The number of rotatable bonds is 7.